The molecule has 2 rings (SSSR count). The van der Waals surface area contributed by atoms with Gasteiger partial charge in [0.25, 0.3) is 11.8 Å². The van der Waals surface area contributed by atoms with Gasteiger partial charge < -0.3 is 4.74 Å². The number of hydrogen-bond acceptors (Lipinski definition) is 4. The number of hydrogen-bond donors (Lipinski definition) is 2. The summed E-state index contributed by atoms with van der Waals surface area (Å²) in [6, 6.07) is 8.76. The maximum Gasteiger partial charge on any atom is 0.276 e. The third kappa shape index (κ3) is 5.14. The Hall–Kier alpha value is -1.38. The minimum Gasteiger partial charge on any atom is -0.484 e. The molecular weight excluding hydrogens is 424 g/mol. The summed E-state index contributed by atoms with van der Waals surface area (Å²) < 4.78 is 7.04. The lowest BCUT2D eigenvalue weighted by molar-refractivity contribution is -0.123. The highest BCUT2D eigenvalue weighted by Gasteiger charge is 2.09. The first-order valence-corrected chi connectivity index (χ1v) is 8.23. The standard InChI is InChI=1S/C13H10Br2N2O3S/c14-9-1-3-10(4-2-9)20-6-12(18)16-17-13(19)8-5-11(15)21-7-8/h1-5,7H,6H2,(H,16,18)(H,17,19). The van der Waals surface area contributed by atoms with Gasteiger partial charge in [-0.05, 0) is 46.3 Å². The van der Waals surface area contributed by atoms with Crippen LogP contribution in [0.1, 0.15) is 10.4 Å². The molecule has 0 aliphatic rings. The van der Waals surface area contributed by atoms with Crippen molar-refractivity contribution in [2.45, 2.75) is 0 Å². The molecular formula is C13H10Br2N2O3S. The quantitative estimate of drug-likeness (QED) is 0.728. The second-order valence-electron chi connectivity index (χ2n) is 3.88. The number of benzene rings is 1. The molecule has 0 aliphatic carbocycles. The highest BCUT2D eigenvalue weighted by molar-refractivity contribution is 9.11. The minimum absolute atomic E-state index is 0.185. The van der Waals surface area contributed by atoms with Crippen LogP contribution in [0.15, 0.2) is 44.0 Å². The Morgan fingerprint density at radius 1 is 1.14 bits per heavy atom. The molecule has 2 aromatic rings. The molecule has 1 heterocycles. The van der Waals surface area contributed by atoms with Crippen LogP contribution in [0.5, 0.6) is 5.75 Å². The van der Waals surface area contributed by atoms with Crippen LogP contribution >= 0.6 is 43.2 Å². The van der Waals surface area contributed by atoms with Crippen LogP contribution in [0, 0.1) is 0 Å². The Morgan fingerprint density at radius 2 is 1.86 bits per heavy atom. The first-order chi connectivity index (χ1) is 10.0. The summed E-state index contributed by atoms with van der Waals surface area (Å²) >= 11 is 7.96. The number of ether oxygens (including phenoxy) is 1. The van der Waals surface area contributed by atoms with Gasteiger partial charge in [0.15, 0.2) is 6.61 Å². The monoisotopic (exact) mass is 432 g/mol. The van der Waals surface area contributed by atoms with Crippen LogP contribution in [0.2, 0.25) is 0 Å². The Balaban J connectivity index is 1.74. The summed E-state index contributed by atoms with van der Waals surface area (Å²) in [5.74, 6) is -0.254. The highest BCUT2D eigenvalue weighted by atomic mass is 79.9. The van der Waals surface area contributed by atoms with Gasteiger partial charge in [0, 0.05) is 9.85 Å². The average molecular weight is 434 g/mol. The van der Waals surface area contributed by atoms with Crippen LogP contribution in [-0.4, -0.2) is 18.4 Å². The summed E-state index contributed by atoms with van der Waals surface area (Å²) in [5.41, 5.74) is 5.08. The van der Waals surface area contributed by atoms with Crippen molar-refractivity contribution in [3.05, 3.63) is 49.5 Å². The number of halogens is 2. The molecule has 1 aromatic carbocycles. The number of nitrogens with one attached hydrogen (secondary N) is 2. The van der Waals surface area contributed by atoms with Crippen LogP contribution < -0.4 is 15.6 Å². The summed E-state index contributed by atoms with van der Waals surface area (Å²) in [6.07, 6.45) is 0. The van der Waals surface area contributed by atoms with Crippen molar-refractivity contribution in [2.24, 2.45) is 0 Å². The van der Waals surface area contributed by atoms with E-state index in [1.807, 2.05) is 12.1 Å². The molecule has 0 spiro atoms. The summed E-state index contributed by atoms with van der Waals surface area (Å²) in [4.78, 5) is 23.2. The van der Waals surface area contributed by atoms with E-state index in [0.29, 0.717) is 11.3 Å². The zero-order chi connectivity index (χ0) is 15.2. The molecule has 2 amide bonds. The molecule has 110 valence electrons. The third-order valence-corrected chi connectivity index (χ3v) is 4.36. The molecule has 2 N–H and O–H groups in total. The van der Waals surface area contributed by atoms with E-state index in [1.54, 1.807) is 23.6 Å². The smallest absolute Gasteiger partial charge is 0.276 e. The summed E-state index contributed by atoms with van der Waals surface area (Å²) in [5, 5.41) is 1.68. The van der Waals surface area contributed by atoms with Crippen molar-refractivity contribution in [1.82, 2.24) is 10.9 Å². The fraction of sp³-hybridized carbons (Fsp3) is 0.0769. The predicted octanol–water partition coefficient (Wildman–Crippen LogP) is 3.11. The van der Waals surface area contributed by atoms with Crippen LogP contribution in [0.25, 0.3) is 0 Å². The maximum atomic E-state index is 11.7. The van der Waals surface area contributed by atoms with Gasteiger partial charge in [-0.25, -0.2) is 0 Å². The van der Waals surface area contributed by atoms with Gasteiger partial charge in [-0.1, -0.05) is 15.9 Å². The first-order valence-electron chi connectivity index (χ1n) is 5.76. The lowest BCUT2D eigenvalue weighted by Gasteiger charge is -2.08. The SMILES string of the molecule is O=C(COc1ccc(Br)cc1)NNC(=O)c1csc(Br)c1. The topological polar surface area (TPSA) is 67.4 Å². The normalized spacial score (nSPS) is 10.0. The molecule has 21 heavy (non-hydrogen) atoms. The first kappa shape index (κ1) is 16.0. The molecule has 0 saturated heterocycles. The van der Waals surface area contributed by atoms with Crippen molar-refractivity contribution < 1.29 is 14.3 Å². The third-order valence-electron chi connectivity index (χ3n) is 2.33. The van der Waals surface area contributed by atoms with Gasteiger partial charge in [0.05, 0.1) is 9.35 Å². The second-order valence-corrected chi connectivity index (χ2v) is 7.09. The summed E-state index contributed by atoms with van der Waals surface area (Å²) in [6.45, 7) is -0.185. The number of rotatable bonds is 4. The molecule has 0 atom stereocenters. The van der Waals surface area contributed by atoms with Crippen LogP contribution in [0.3, 0.4) is 0 Å². The molecule has 0 fully saturated rings. The van der Waals surface area contributed by atoms with Crippen molar-refractivity contribution in [1.29, 1.82) is 0 Å². The second kappa shape index (κ2) is 7.58. The van der Waals surface area contributed by atoms with Crippen molar-refractivity contribution in [3.63, 3.8) is 0 Å². The van der Waals surface area contributed by atoms with Gasteiger partial charge >= 0.3 is 0 Å². The van der Waals surface area contributed by atoms with E-state index in [-0.39, 0.29) is 12.5 Å². The molecule has 1 aromatic heterocycles. The molecule has 0 saturated carbocycles. The lowest BCUT2D eigenvalue weighted by Crippen LogP contribution is -2.43. The number of thiophene rings is 1. The van der Waals surface area contributed by atoms with E-state index in [0.717, 1.165) is 8.26 Å². The van der Waals surface area contributed by atoms with Crippen LogP contribution in [0.4, 0.5) is 0 Å². The van der Waals surface area contributed by atoms with Crippen LogP contribution in [-0.2, 0) is 4.79 Å². The maximum absolute atomic E-state index is 11.7. The van der Waals surface area contributed by atoms with Gasteiger partial charge in [0.1, 0.15) is 5.75 Å². The fourth-order valence-electron chi connectivity index (χ4n) is 1.34. The number of carbonyl (C=O) groups excluding carboxylic acids is 2. The van der Waals surface area contributed by atoms with Gasteiger partial charge in [-0.15, -0.1) is 11.3 Å². The molecule has 8 heteroatoms. The van der Waals surface area contributed by atoms with Gasteiger partial charge in [-0.3, -0.25) is 20.4 Å². The van der Waals surface area contributed by atoms with Crippen molar-refractivity contribution >= 4 is 55.0 Å². The number of amides is 2. The zero-order valence-corrected chi connectivity index (χ0v) is 14.5. The van der Waals surface area contributed by atoms with Gasteiger partial charge in [-0.2, -0.15) is 0 Å². The molecule has 0 unspecified atom stereocenters. The fourth-order valence-corrected chi connectivity index (χ4v) is 2.74. The van der Waals surface area contributed by atoms with E-state index in [4.69, 9.17) is 4.74 Å². The van der Waals surface area contributed by atoms with Crippen molar-refractivity contribution in [2.75, 3.05) is 6.61 Å². The zero-order valence-electron chi connectivity index (χ0n) is 10.6. The Kier molecular flexibility index (Phi) is 5.77. The predicted molar refractivity (Wildman–Crippen MR) is 87.3 cm³/mol. The summed E-state index contributed by atoms with van der Waals surface area (Å²) in [7, 11) is 0. The molecule has 5 nitrogen and oxygen atoms in total. The van der Waals surface area contributed by atoms with Crippen molar-refractivity contribution in [3.8, 4) is 5.75 Å². The average Bonchev–Trinajstić information content (AvgIpc) is 2.91. The Labute approximate surface area is 141 Å². The van der Waals surface area contributed by atoms with E-state index in [1.165, 1.54) is 11.3 Å². The minimum atomic E-state index is -0.444. The highest BCUT2D eigenvalue weighted by Crippen LogP contribution is 2.20. The molecule has 0 aliphatic heterocycles. The van der Waals surface area contributed by atoms with E-state index < -0.39 is 5.91 Å². The van der Waals surface area contributed by atoms with E-state index in [2.05, 4.69) is 42.7 Å². The number of hydrazine groups is 1. The van der Waals surface area contributed by atoms with E-state index in [9.17, 15) is 9.59 Å². The molecule has 0 bridgehead atoms. The van der Waals surface area contributed by atoms with E-state index >= 15 is 0 Å². The van der Waals surface area contributed by atoms with Gasteiger partial charge in [0.2, 0.25) is 0 Å². The molecule has 0 radical (unpaired) electrons. The Morgan fingerprint density at radius 3 is 2.48 bits per heavy atom. The lowest BCUT2D eigenvalue weighted by atomic mass is 10.3. The number of carbonyl (C=O) groups is 2. The largest absolute Gasteiger partial charge is 0.484 e. The Bertz CT molecular complexity index is 643.